The topological polar surface area (TPSA) is 132 Å². The number of carbonyl (C=O) groups excluding carboxylic acids is 1. The van der Waals surface area contributed by atoms with Crippen molar-refractivity contribution in [3.63, 3.8) is 0 Å². The van der Waals surface area contributed by atoms with Gasteiger partial charge in [-0.05, 0) is 49.4 Å². The third kappa shape index (κ3) is 6.84. The average molecular weight is 594 g/mol. The van der Waals surface area contributed by atoms with Crippen molar-refractivity contribution in [3.05, 3.63) is 103 Å². The first kappa shape index (κ1) is 28.7. The average Bonchev–Trinajstić information content (AvgIpc) is 3.37. The monoisotopic (exact) mass is 593 g/mol. The Hall–Kier alpha value is -4.26. The number of aryl methyl sites for hydroxylation is 1. The Balaban J connectivity index is 0.00000370. The molecule has 0 unspecified atom stereocenters. The summed E-state index contributed by atoms with van der Waals surface area (Å²) < 4.78 is 29.6. The first-order valence-electron chi connectivity index (χ1n) is 11.8. The summed E-state index contributed by atoms with van der Waals surface area (Å²) in [6.07, 6.45) is 1.47. The highest BCUT2D eigenvalue weighted by molar-refractivity contribution is 7.99. The number of nitrogens with zero attached hydrogens (tertiary/aromatic N) is 5. The molecule has 10 nitrogen and oxygen atoms in total. The minimum absolute atomic E-state index is 0. The fourth-order valence-corrected chi connectivity index (χ4v) is 5.37. The van der Waals surface area contributed by atoms with Crippen LogP contribution in [0.1, 0.15) is 5.69 Å². The van der Waals surface area contributed by atoms with Gasteiger partial charge in [-0.2, -0.15) is 0 Å². The van der Waals surface area contributed by atoms with Gasteiger partial charge in [0, 0.05) is 28.8 Å². The van der Waals surface area contributed by atoms with E-state index >= 15 is 0 Å². The highest BCUT2D eigenvalue weighted by atomic mass is 35.5. The molecular weight excluding hydrogens is 570 g/mol. The fourth-order valence-electron chi connectivity index (χ4n) is 3.67. The summed E-state index contributed by atoms with van der Waals surface area (Å²) in [5.41, 5.74) is 2.88. The quantitative estimate of drug-likeness (QED) is 0.229. The lowest BCUT2D eigenvalue weighted by Gasteiger charge is -2.11. The van der Waals surface area contributed by atoms with Gasteiger partial charge in [0.25, 0.3) is 10.0 Å². The molecule has 0 bridgehead atoms. The second kappa shape index (κ2) is 12.7. The minimum Gasteiger partial charge on any atom is -0.325 e. The molecule has 1 amide bonds. The number of carbonyl (C=O) groups is 1. The van der Waals surface area contributed by atoms with Crippen molar-refractivity contribution in [1.29, 1.82) is 0 Å². The molecule has 2 heterocycles. The first-order valence-corrected chi connectivity index (χ1v) is 14.3. The zero-order valence-electron chi connectivity index (χ0n) is 21.1. The molecule has 0 fully saturated rings. The van der Waals surface area contributed by atoms with Crippen molar-refractivity contribution in [2.24, 2.45) is 0 Å². The van der Waals surface area contributed by atoms with Crippen molar-refractivity contribution < 1.29 is 13.2 Å². The predicted molar refractivity (Wildman–Crippen MR) is 157 cm³/mol. The van der Waals surface area contributed by atoms with Crippen LogP contribution in [0.15, 0.2) is 107 Å². The third-order valence-electron chi connectivity index (χ3n) is 5.48. The zero-order valence-corrected chi connectivity index (χ0v) is 23.6. The maximum Gasteiger partial charge on any atom is 0.264 e. The number of thioether (sulfide) groups is 1. The molecule has 0 spiro atoms. The fraction of sp³-hybridized carbons (Fsp3) is 0.0741. The van der Waals surface area contributed by atoms with Crippen molar-refractivity contribution in [3.8, 4) is 17.1 Å². The number of rotatable bonds is 9. The maximum atomic E-state index is 12.7. The standard InChI is InChI=1S/C27H23N7O3S2.ClH/c1-19-16-17-28-26(29-19)33-39(36,37)23-14-12-21(13-15-23)30-24(35)18-38-27-32-31-25(20-8-4-2-5-9-20)34(27)22-10-6-3-7-11-22;/h2-17H,18H2,1H3,(H,30,35)(H,28,29,33);1H. The minimum atomic E-state index is -3.88. The van der Waals surface area contributed by atoms with Crippen LogP contribution in [-0.4, -0.2) is 44.8 Å². The number of hydrogen-bond acceptors (Lipinski definition) is 8. The molecule has 2 N–H and O–H groups in total. The second-order valence-electron chi connectivity index (χ2n) is 8.33. The molecule has 0 atom stereocenters. The van der Waals surface area contributed by atoms with E-state index in [2.05, 4.69) is 30.2 Å². The summed E-state index contributed by atoms with van der Waals surface area (Å²) in [5.74, 6) is 0.464. The number of aromatic nitrogens is 5. The second-order valence-corrected chi connectivity index (χ2v) is 11.0. The summed E-state index contributed by atoms with van der Waals surface area (Å²) in [6.45, 7) is 1.74. The lowest BCUT2D eigenvalue weighted by Crippen LogP contribution is -2.16. The van der Waals surface area contributed by atoms with Crippen LogP contribution in [0.4, 0.5) is 11.6 Å². The molecule has 0 saturated heterocycles. The third-order valence-corrected chi connectivity index (χ3v) is 7.75. The Kier molecular flexibility index (Phi) is 9.15. The smallest absolute Gasteiger partial charge is 0.264 e. The molecule has 0 saturated carbocycles. The summed E-state index contributed by atoms with van der Waals surface area (Å²) in [4.78, 5) is 20.7. The van der Waals surface area contributed by atoms with E-state index in [9.17, 15) is 13.2 Å². The number of sulfonamides is 1. The van der Waals surface area contributed by atoms with Gasteiger partial charge in [-0.15, -0.1) is 22.6 Å². The lowest BCUT2D eigenvalue weighted by atomic mass is 10.2. The molecule has 0 aliphatic rings. The Morgan fingerprint density at radius 3 is 2.25 bits per heavy atom. The highest BCUT2D eigenvalue weighted by Gasteiger charge is 2.18. The van der Waals surface area contributed by atoms with Crippen LogP contribution in [0.25, 0.3) is 17.1 Å². The van der Waals surface area contributed by atoms with E-state index in [1.165, 1.54) is 42.2 Å². The van der Waals surface area contributed by atoms with Crippen LogP contribution in [0.2, 0.25) is 0 Å². The molecule has 0 aliphatic carbocycles. The molecular formula is C27H24ClN7O3S2. The number of anilines is 2. The van der Waals surface area contributed by atoms with Gasteiger partial charge < -0.3 is 5.32 Å². The van der Waals surface area contributed by atoms with Crippen LogP contribution < -0.4 is 10.0 Å². The number of nitrogens with one attached hydrogen (secondary N) is 2. The Morgan fingerprint density at radius 1 is 0.900 bits per heavy atom. The highest BCUT2D eigenvalue weighted by Crippen LogP contribution is 2.28. The molecule has 2 aromatic heterocycles. The molecule has 5 aromatic rings. The molecule has 5 rings (SSSR count). The van der Waals surface area contributed by atoms with Gasteiger partial charge in [0.15, 0.2) is 11.0 Å². The van der Waals surface area contributed by atoms with Crippen molar-refractivity contribution in [2.75, 3.05) is 15.8 Å². The molecule has 13 heteroatoms. The van der Waals surface area contributed by atoms with Crippen LogP contribution in [0, 0.1) is 6.92 Å². The number of amides is 1. The van der Waals surface area contributed by atoms with Gasteiger partial charge in [0.1, 0.15) is 0 Å². The Bertz CT molecular complexity index is 1700. The van der Waals surface area contributed by atoms with Crippen LogP contribution in [0.5, 0.6) is 0 Å². The number of halogens is 1. The van der Waals surface area contributed by atoms with Gasteiger partial charge in [0.2, 0.25) is 11.9 Å². The van der Waals surface area contributed by atoms with Gasteiger partial charge in [-0.3, -0.25) is 9.36 Å². The normalized spacial score (nSPS) is 10.9. The van der Waals surface area contributed by atoms with Crippen LogP contribution in [-0.2, 0) is 14.8 Å². The lowest BCUT2D eigenvalue weighted by molar-refractivity contribution is -0.113. The Morgan fingerprint density at radius 2 is 1.57 bits per heavy atom. The largest absolute Gasteiger partial charge is 0.325 e. The summed E-state index contributed by atoms with van der Waals surface area (Å²) in [5, 5.41) is 12.1. The van der Waals surface area contributed by atoms with E-state index in [1.807, 2.05) is 65.2 Å². The maximum absolute atomic E-state index is 12.7. The van der Waals surface area contributed by atoms with E-state index < -0.39 is 10.0 Å². The Labute approximate surface area is 241 Å². The SMILES string of the molecule is Cc1ccnc(NS(=O)(=O)c2ccc(NC(=O)CSc3nnc(-c4ccccc4)n3-c3ccccc3)cc2)n1.Cl. The number of para-hydroxylation sites is 1. The van der Waals surface area contributed by atoms with Gasteiger partial charge in [-0.25, -0.2) is 23.1 Å². The predicted octanol–water partition coefficient (Wildman–Crippen LogP) is 4.99. The summed E-state index contributed by atoms with van der Waals surface area (Å²) >= 11 is 1.25. The van der Waals surface area contributed by atoms with Crippen molar-refractivity contribution in [2.45, 2.75) is 17.0 Å². The van der Waals surface area contributed by atoms with E-state index in [1.54, 1.807) is 13.0 Å². The van der Waals surface area contributed by atoms with Crippen LogP contribution >= 0.6 is 24.2 Å². The van der Waals surface area contributed by atoms with E-state index in [0.29, 0.717) is 22.4 Å². The van der Waals surface area contributed by atoms with Crippen LogP contribution in [0.3, 0.4) is 0 Å². The molecule has 40 heavy (non-hydrogen) atoms. The molecule has 0 radical (unpaired) electrons. The molecule has 0 aliphatic heterocycles. The van der Waals surface area contributed by atoms with E-state index in [0.717, 1.165) is 11.3 Å². The van der Waals surface area contributed by atoms with E-state index in [4.69, 9.17) is 0 Å². The number of hydrogen-bond donors (Lipinski definition) is 2. The molecule has 3 aromatic carbocycles. The van der Waals surface area contributed by atoms with Gasteiger partial charge in [0.05, 0.1) is 10.6 Å². The summed E-state index contributed by atoms with van der Waals surface area (Å²) in [6, 6.07) is 26.9. The summed E-state index contributed by atoms with van der Waals surface area (Å²) in [7, 11) is -3.88. The van der Waals surface area contributed by atoms with Gasteiger partial charge >= 0.3 is 0 Å². The zero-order chi connectivity index (χ0) is 27.2. The van der Waals surface area contributed by atoms with Crippen molar-refractivity contribution in [1.82, 2.24) is 24.7 Å². The number of benzene rings is 3. The van der Waals surface area contributed by atoms with Crippen molar-refractivity contribution >= 4 is 51.7 Å². The van der Waals surface area contributed by atoms with Gasteiger partial charge in [-0.1, -0.05) is 60.3 Å². The van der Waals surface area contributed by atoms with E-state index in [-0.39, 0.29) is 34.9 Å². The first-order chi connectivity index (χ1) is 18.9. The molecule has 204 valence electrons.